The topological polar surface area (TPSA) is 73.0 Å². The number of rotatable bonds is 4. The van der Waals surface area contributed by atoms with E-state index in [9.17, 15) is 8.42 Å². The minimum Gasteiger partial charge on any atom is -0.274 e. The lowest BCUT2D eigenvalue weighted by molar-refractivity contribution is 0.465. The van der Waals surface area contributed by atoms with Gasteiger partial charge in [-0.25, -0.2) is 8.42 Å². The molecule has 8 heteroatoms. The van der Waals surface area contributed by atoms with Gasteiger partial charge in [-0.05, 0) is 13.8 Å². The Bertz CT molecular complexity index is 729. The largest absolute Gasteiger partial charge is 0.274 e. The molecule has 0 spiro atoms. The van der Waals surface area contributed by atoms with E-state index in [0.29, 0.717) is 5.69 Å². The zero-order valence-corrected chi connectivity index (χ0v) is 13.1. The van der Waals surface area contributed by atoms with E-state index >= 15 is 0 Å². The van der Waals surface area contributed by atoms with E-state index in [1.54, 1.807) is 31.9 Å². The number of aromatic nitrogens is 4. The van der Waals surface area contributed by atoms with Gasteiger partial charge in [0.1, 0.15) is 4.90 Å². The van der Waals surface area contributed by atoms with Crippen molar-refractivity contribution in [3.8, 4) is 0 Å². The summed E-state index contributed by atoms with van der Waals surface area (Å²) in [5.74, 6) is 0. The fraction of sp³-hybridized carbons (Fsp3) is 0.500. The first-order chi connectivity index (χ1) is 9.23. The van der Waals surface area contributed by atoms with Crippen molar-refractivity contribution in [2.24, 2.45) is 14.1 Å². The molecule has 0 unspecified atom stereocenters. The highest BCUT2D eigenvalue weighted by molar-refractivity contribution is 7.89. The summed E-state index contributed by atoms with van der Waals surface area (Å²) in [7, 11) is 1.56. The van der Waals surface area contributed by atoms with Crippen LogP contribution in [0, 0.1) is 13.8 Å². The van der Waals surface area contributed by atoms with Crippen LogP contribution in [0.2, 0.25) is 0 Å². The number of hydrogen-bond donors (Lipinski definition) is 0. The Kier molecular flexibility index (Phi) is 3.70. The monoisotopic (exact) mass is 297 g/mol. The molecule has 2 aromatic rings. The van der Waals surface area contributed by atoms with E-state index in [4.69, 9.17) is 0 Å². The number of sulfonamides is 1. The zero-order chi connectivity index (χ0) is 15.1. The number of nitrogens with zero attached hydrogens (tertiary/aromatic N) is 5. The lowest BCUT2D eigenvalue weighted by Gasteiger charge is -2.16. The Labute approximate surface area is 118 Å². The normalized spacial score (nSPS) is 12.3. The second kappa shape index (κ2) is 5.02. The molecule has 0 saturated carbocycles. The minimum atomic E-state index is -3.54. The van der Waals surface area contributed by atoms with Crippen LogP contribution in [0.3, 0.4) is 0 Å². The highest BCUT2D eigenvalue weighted by Crippen LogP contribution is 2.20. The summed E-state index contributed by atoms with van der Waals surface area (Å²) in [6.45, 7) is 3.89. The fourth-order valence-corrected chi connectivity index (χ4v) is 3.37. The SMILES string of the molecule is Cc1nn(C)cc1S(=O)(=O)N(C)Cc1cnn(C)c1C. The van der Waals surface area contributed by atoms with Gasteiger partial charge >= 0.3 is 0 Å². The van der Waals surface area contributed by atoms with Gasteiger partial charge in [-0.3, -0.25) is 9.36 Å². The molecule has 0 saturated heterocycles. The van der Waals surface area contributed by atoms with E-state index in [1.165, 1.54) is 15.2 Å². The van der Waals surface area contributed by atoms with Gasteiger partial charge in [-0.1, -0.05) is 0 Å². The molecular weight excluding hydrogens is 278 g/mol. The van der Waals surface area contributed by atoms with E-state index < -0.39 is 10.0 Å². The predicted octanol–water partition coefficient (Wildman–Crippen LogP) is 0.591. The molecule has 0 bridgehead atoms. The molecule has 7 nitrogen and oxygen atoms in total. The maximum atomic E-state index is 12.5. The number of hydrogen-bond acceptors (Lipinski definition) is 4. The summed E-state index contributed by atoms with van der Waals surface area (Å²) in [4.78, 5) is 0.240. The van der Waals surface area contributed by atoms with Gasteiger partial charge < -0.3 is 0 Å². The Morgan fingerprint density at radius 2 is 1.95 bits per heavy atom. The van der Waals surface area contributed by atoms with Crippen LogP contribution >= 0.6 is 0 Å². The summed E-state index contributed by atoms with van der Waals surface area (Å²) in [5.41, 5.74) is 2.34. The van der Waals surface area contributed by atoms with Gasteiger partial charge in [0.05, 0.1) is 11.9 Å². The van der Waals surface area contributed by atoms with Gasteiger partial charge in [0.25, 0.3) is 0 Å². The zero-order valence-electron chi connectivity index (χ0n) is 12.3. The van der Waals surface area contributed by atoms with Crippen LogP contribution in [-0.4, -0.2) is 39.3 Å². The Morgan fingerprint density at radius 1 is 1.30 bits per heavy atom. The van der Waals surface area contributed by atoms with Crippen LogP contribution in [-0.2, 0) is 30.7 Å². The number of aryl methyl sites for hydroxylation is 3. The molecule has 0 atom stereocenters. The van der Waals surface area contributed by atoms with Crippen molar-refractivity contribution in [1.82, 2.24) is 23.9 Å². The standard InChI is InChI=1S/C12H19N5O2S/c1-9-12(8-15(3)14-9)20(18,19)16(4)7-11-6-13-17(5)10(11)2/h6,8H,7H2,1-5H3. The molecule has 20 heavy (non-hydrogen) atoms. The van der Waals surface area contributed by atoms with Crippen LogP contribution in [0.5, 0.6) is 0 Å². The molecule has 0 N–H and O–H groups in total. The lowest BCUT2D eigenvalue weighted by Crippen LogP contribution is -2.27. The van der Waals surface area contributed by atoms with E-state index in [2.05, 4.69) is 10.2 Å². The Hall–Kier alpha value is -1.67. The van der Waals surface area contributed by atoms with Crippen molar-refractivity contribution < 1.29 is 8.42 Å². The molecule has 0 amide bonds. The van der Waals surface area contributed by atoms with Crippen LogP contribution in [0.1, 0.15) is 17.0 Å². The molecule has 0 aliphatic heterocycles. The van der Waals surface area contributed by atoms with Crippen LogP contribution in [0.15, 0.2) is 17.3 Å². The summed E-state index contributed by atoms with van der Waals surface area (Å²) >= 11 is 0. The van der Waals surface area contributed by atoms with Crippen molar-refractivity contribution in [3.63, 3.8) is 0 Å². The second-order valence-corrected chi connectivity index (χ2v) is 6.91. The molecular formula is C12H19N5O2S. The van der Waals surface area contributed by atoms with E-state index in [0.717, 1.165) is 11.3 Å². The first-order valence-corrected chi connectivity index (χ1v) is 7.61. The molecule has 0 aliphatic rings. The van der Waals surface area contributed by atoms with Gasteiger partial charge in [-0.2, -0.15) is 14.5 Å². The maximum absolute atomic E-state index is 12.5. The summed E-state index contributed by atoms with van der Waals surface area (Å²) in [6, 6.07) is 0. The third-order valence-corrected chi connectivity index (χ3v) is 5.29. The fourth-order valence-electron chi connectivity index (χ4n) is 2.02. The average Bonchev–Trinajstić information content (AvgIpc) is 2.86. The lowest BCUT2D eigenvalue weighted by atomic mass is 10.3. The van der Waals surface area contributed by atoms with Gasteiger partial charge in [0.15, 0.2) is 0 Å². The Balaban J connectivity index is 2.30. The molecule has 0 aliphatic carbocycles. The quantitative estimate of drug-likeness (QED) is 0.828. The van der Waals surface area contributed by atoms with Crippen molar-refractivity contribution in [3.05, 3.63) is 29.3 Å². The predicted molar refractivity (Wildman–Crippen MR) is 74.5 cm³/mol. The van der Waals surface area contributed by atoms with Crippen molar-refractivity contribution in [1.29, 1.82) is 0 Å². The van der Waals surface area contributed by atoms with E-state index in [-0.39, 0.29) is 11.4 Å². The van der Waals surface area contributed by atoms with Crippen LogP contribution < -0.4 is 0 Å². The smallest absolute Gasteiger partial charge is 0.246 e. The molecule has 110 valence electrons. The first-order valence-electron chi connectivity index (χ1n) is 6.17. The van der Waals surface area contributed by atoms with Crippen molar-refractivity contribution in [2.75, 3.05) is 7.05 Å². The third kappa shape index (κ3) is 2.48. The summed E-state index contributed by atoms with van der Waals surface area (Å²) in [5, 5.41) is 8.21. The van der Waals surface area contributed by atoms with Gasteiger partial charge in [0, 0.05) is 45.1 Å². The minimum absolute atomic E-state index is 0.240. The average molecular weight is 297 g/mol. The molecule has 0 radical (unpaired) electrons. The van der Waals surface area contributed by atoms with Crippen molar-refractivity contribution >= 4 is 10.0 Å². The first kappa shape index (κ1) is 14.7. The van der Waals surface area contributed by atoms with E-state index in [1.807, 2.05) is 14.0 Å². The molecule has 0 aromatic carbocycles. The highest BCUT2D eigenvalue weighted by Gasteiger charge is 2.25. The van der Waals surface area contributed by atoms with Gasteiger partial charge in [0.2, 0.25) is 10.0 Å². The van der Waals surface area contributed by atoms with Crippen LogP contribution in [0.25, 0.3) is 0 Å². The maximum Gasteiger partial charge on any atom is 0.246 e. The second-order valence-electron chi connectivity index (χ2n) is 4.89. The molecule has 2 rings (SSSR count). The summed E-state index contributed by atoms with van der Waals surface area (Å²) in [6.07, 6.45) is 3.22. The summed E-state index contributed by atoms with van der Waals surface area (Å²) < 4.78 is 29.6. The van der Waals surface area contributed by atoms with Gasteiger partial charge in [-0.15, -0.1) is 0 Å². The highest BCUT2D eigenvalue weighted by atomic mass is 32.2. The van der Waals surface area contributed by atoms with Crippen LogP contribution in [0.4, 0.5) is 0 Å². The van der Waals surface area contributed by atoms with Crippen molar-refractivity contribution in [2.45, 2.75) is 25.3 Å². The molecule has 2 heterocycles. The molecule has 2 aromatic heterocycles. The Morgan fingerprint density at radius 3 is 2.40 bits per heavy atom. The third-order valence-electron chi connectivity index (χ3n) is 3.39. The molecule has 0 fully saturated rings.